The van der Waals surface area contributed by atoms with Crippen LogP contribution in [0.3, 0.4) is 0 Å². The smallest absolute Gasteiger partial charge is 0.414 e. The molecule has 1 aliphatic heterocycles. The van der Waals surface area contributed by atoms with Crippen molar-refractivity contribution in [3.05, 3.63) is 53.3 Å². The van der Waals surface area contributed by atoms with Gasteiger partial charge in [-0.15, -0.1) is 0 Å². The number of rotatable bonds is 1. The summed E-state index contributed by atoms with van der Waals surface area (Å²) in [6.45, 7) is 0.685. The van der Waals surface area contributed by atoms with Crippen LogP contribution in [0, 0.1) is 0 Å². The number of hydrogen-bond donors (Lipinski definition) is 1. The minimum Gasteiger partial charge on any atom is -0.477 e. The number of aromatic carboxylic acids is 1. The van der Waals surface area contributed by atoms with E-state index in [0.717, 1.165) is 16.9 Å². The number of carboxylic acids is 1. The molecule has 0 atom stereocenters. The van der Waals surface area contributed by atoms with Crippen LogP contribution >= 0.6 is 0 Å². The Morgan fingerprint density at radius 3 is 2.62 bits per heavy atom. The van der Waals surface area contributed by atoms with E-state index in [1.54, 1.807) is 16.7 Å². The Hall–Kier alpha value is -2.76. The lowest BCUT2D eigenvalue weighted by Gasteiger charge is -2.20. The van der Waals surface area contributed by atoms with Crippen LogP contribution in [0.4, 0.5) is 10.5 Å². The van der Waals surface area contributed by atoms with E-state index in [1.165, 1.54) is 12.0 Å². The lowest BCUT2D eigenvalue weighted by Crippen LogP contribution is -2.30. The van der Waals surface area contributed by atoms with E-state index in [0.29, 0.717) is 6.54 Å². The molecule has 1 N–H and O–H groups in total. The standard InChI is InChI=1S/C15H14N2O4/c1-21-15(20)17-9-11-6-7-13(14(18)19)16(11)8-10-4-2-3-5-12(10)17/h2-7H,8-9H2,1H3,(H,18,19). The third-order valence-corrected chi connectivity index (χ3v) is 3.62. The number of fused-ring (bicyclic) bond motifs is 2. The van der Waals surface area contributed by atoms with Crippen LogP contribution in [-0.4, -0.2) is 28.8 Å². The summed E-state index contributed by atoms with van der Waals surface area (Å²) in [6.07, 6.45) is -0.464. The third kappa shape index (κ3) is 2.14. The molecule has 0 bridgehead atoms. The lowest BCUT2D eigenvalue weighted by molar-refractivity contribution is 0.0685. The van der Waals surface area contributed by atoms with E-state index in [1.807, 2.05) is 24.3 Å². The first-order chi connectivity index (χ1) is 10.1. The molecule has 1 aromatic carbocycles. The number of hydrogen-bond acceptors (Lipinski definition) is 3. The van der Waals surface area contributed by atoms with E-state index >= 15 is 0 Å². The number of methoxy groups -OCH3 is 1. The summed E-state index contributed by atoms with van der Waals surface area (Å²) in [6, 6.07) is 10.7. The van der Waals surface area contributed by atoms with Crippen molar-refractivity contribution < 1.29 is 19.4 Å². The molecule has 1 aliphatic rings. The maximum absolute atomic E-state index is 12.0. The minimum atomic E-state index is -0.981. The maximum Gasteiger partial charge on any atom is 0.414 e. The van der Waals surface area contributed by atoms with Gasteiger partial charge in [0.15, 0.2) is 0 Å². The first-order valence-corrected chi connectivity index (χ1v) is 6.47. The van der Waals surface area contributed by atoms with Crippen molar-refractivity contribution in [3.8, 4) is 0 Å². The van der Waals surface area contributed by atoms with Crippen LogP contribution < -0.4 is 4.90 Å². The molecule has 21 heavy (non-hydrogen) atoms. The molecule has 0 aliphatic carbocycles. The van der Waals surface area contributed by atoms with Crippen LogP contribution in [0.25, 0.3) is 0 Å². The summed E-state index contributed by atoms with van der Waals surface area (Å²) >= 11 is 0. The molecule has 0 radical (unpaired) electrons. The minimum absolute atomic E-state index is 0.214. The van der Waals surface area contributed by atoms with Gasteiger partial charge < -0.3 is 14.4 Å². The quantitative estimate of drug-likeness (QED) is 0.873. The zero-order valence-electron chi connectivity index (χ0n) is 11.4. The highest BCUT2D eigenvalue weighted by atomic mass is 16.5. The number of benzene rings is 1. The Morgan fingerprint density at radius 2 is 1.90 bits per heavy atom. The molecule has 0 unspecified atom stereocenters. The summed E-state index contributed by atoms with van der Waals surface area (Å²) < 4.78 is 6.55. The second-order valence-corrected chi connectivity index (χ2v) is 4.79. The van der Waals surface area contributed by atoms with Crippen molar-refractivity contribution in [3.63, 3.8) is 0 Å². The molecule has 2 aromatic rings. The third-order valence-electron chi connectivity index (χ3n) is 3.62. The van der Waals surface area contributed by atoms with Crippen molar-refractivity contribution >= 4 is 17.7 Å². The fourth-order valence-electron chi connectivity index (χ4n) is 2.62. The fourth-order valence-corrected chi connectivity index (χ4v) is 2.62. The molecular weight excluding hydrogens is 272 g/mol. The molecule has 1 aromatic heterocycles. The van der Waals surface area contributed by atoms with E-state index in [2.05, 4.69) is 0 Å². The Kier molecular flexibility index (Phi) is 3.13. The van der Waals surface area contributed by atoms with Gasteiger partial charge in [0.2, 0.25) is 0 Å². The van der Waals surface area contributed by atoms with Gasteiger partial charge in [0, 0.05) is 5.69 Å². The molecule has 1 amide bonds. The highest BCUT2D eigenvalue weighted by Crippen LogP contribution is 2.29. The topological polar surface area (TPSA) is 71.8 Å². The predicted molar refractivity (Wildman–Crippen MR) is 75.5 cm³/mol. The van der Waals surface area contributed by atoms with E-state index in [-0.39, 0.29) is 12.2 Å². The first kappa shape index (κ1) is 13.2. The molecule has 6 heteroatoms. The van der Waals surface area contributed by atoms with Gasteiger partial charge in [0.05, 0.1) is 25.9 Å². The average Bonchev–Trinajstić information content (AvgIpc) is 2.80. The predicted octanol–water partition coefficient (Wildman–Crippen LogP) is 2.32. The molecular formula is C15H14N2O4. The maximum atomic E-state index is 12.0. The van der Waals surface area contributed by atoms with Crippen LogP contribution in [0.15, 0.2) is 36.4 Å². The van der Waals surface area contributed by atoms with Crippen LogP contribution in [0.2, 0.25) is 0 Å². The number of carboxylic acid groups (broad SMARTS) is 1. The number of ether oxygens (including phenoxy) is 1. The molecule has 3 rings (SSSR count). The van der Waals surface area contributed by atoms with Crippen molar-refractivity contribution in [1.82, 2.24) is 4.57 Å². The van der Waals surface area contributed by atoms with E-state index in [4.69, 9.17) is 4.74 Å². The highest BCUT2D eigenvalue weighted by Gasteiger charge is 2.26. The van der Waals surface area contributed by atoms with Crippen molar-refractivity contribution in [2.45, 2.75) is 13.1 Å². The average molecular weight is 286 g/mol. The van der Waals surface area contributed by atoms with Gasteiger partial charge in [-0.3, -0.25) is 4.90 Å². The summed E-state index contributed by atoms with van der Waals surface area (Å²) in [4.78, 5) is 24.8. The van der Waals surface area contributed by atoms with Crippen LogP contribution in [0.1, 0.15) is 21.7 Å². The van der Waals surface area contributed by atoms with Gasteiger partial charge in [-0.25, -0.2) is 9.59 Å². The van der Waals surface area contributed by atoms with E-state index in [9.17, 15) is 14.7 Å². The summed E-state index contributed by atoms with van der Waals surface area (Å²) in [7, 11) is 1.33. The SMILES string of the molecule is COC(=O)N1Cc2ccc(C(=O)O)n2Cc2ccccc21. The number of para-hydroxylation sites is 1. The Labute approximate surface area is 121 Å². The molecule has 6 nitrogen and oxygen atoms in total. The zero-order chi connectivity index (χ0) is 15.0. The first-order valence-electron chi connectivity index (χ1n) is 6.47. The van der Waals surface area contributed by atoms with E-state index < -0.39 is 12.1 Å². The lowest BCUT2D eigenvalue weighted by atomic mass is 10.1. The fraction of sp³-hybridized carbons (Fsp3) is 0.200. The second kappa shape index (κ2) is 4.97. The van der Waals surface area contributed by atoms with Gasteiger partial charge >= 0.3 is 12.1 Å². The summed E-state index contributed by atoms with van der Waals surface area (Å²) in [5.41, 5.74) is 2.59. The molecule has 2 heterocycles. The number of aromatic nitrogens is 1. The molecule has 0 spiro atoms. The molecule has 0 saturated heterocycles. The Balaban J connectivity index is 2.15. The normalized spacial score (nSPS) is 13.1. The summed E-state index contributed by atoms with van der Waals surface area (Å²) in [5.74, 6) is -0.981. The zero-order valence-corrected chi connectivity index (χ0v) is 11.4. The Bertz CT molecular complexity index is 720. The van der Waals surface area contributed by atoms with Crippen molar-refractivity contribution in [2.75, 3.05) is 12.0 Å². The number of amides is 1. The number of nitrogens with zero attached hydrogens (tertiary/aromatic N) is 2. The second-order valence-electron chi connectivity index (χ2n) is 4.79. The number of carbonyl (C=O) groups excluding carboxylic acids is 1. The molecule has 108 valence electrons. The summed E-state index contributed by atoms with van der Waals surface area (Å²) in [5, 5.41) is 9.26. The van der Waals surface area contributed by atoms with Gasteiger partial charge in [-0.05, 0) is 23.8 Å². The largest absolute Gasteiger partial charge is 0.477 e. The van der Waals surface area contributed by atoms with Crippen LogP contribution in [0.5, 0.6) is 0 Å². The number of anilines is 1. The molecule has 0 fully saturated rings. The van der Waals surface area contributed by atoms with Gasteiger partial charge in [-0.2, -0.15) is 0 Å². The van der Waals surface area contributed by atoms with Crippen molar-refractivity contribution in [2.24, 2.45) is 0 Å². The van der Waals surface area contributed by atoms with Gasteiger partial charge in [0.25, 0.3) is 0 Å². The van der Waals surface area contributed by atoms with Gasteiger partial charge in [-0.1, -0.05) is 18.2 Å². The highest BCUT2D eigenvalue weighted by molar-refractivity contribution is 5.90. The molecule has 0 saturated carbocycles. The van der Waals surface area contributed by atoms with Gasteiger partial charge in [0.1, 0.15) is 5.69 Å². The van der Waals surface area contributed by atoms with Crippen LogP contribution in [-0.2, 0) is 17.8 Å². The number of carbonyl (C=O) groups is 2. The van der Waals surface area contributed by atoms with Crippen molar-refractivity contribution in [1.29, 1.82) is 0 Å². The Morgan fingerprint density at radius 1 is 1.14 bits per heavy atom. The monoisotopic (exact) mass is 286 g/mol.